The summed E-state index contributed by atoms with van der Waals surface area (Å²) in [4.78, 5) is 36.2. The van der Waals surface area contributed by atoms with Gasteiger partial charge in [0.2, 0.25) is 5.91 Å². The van der Waals surface area contributed by atoms with Crippen LogP contribution in [0.3, 0.4) is 0 Å². The second-order valence-electron chi connectivity index (χ2n) is 10.4. The van der Waals surface area contributed by atoms with Crippen LogP contribution in [0.25, 0.3) is 22.6 Å². The Labute approximate surface area is 197 Å². The van der Waals surface area contributed by atoms with Crippen molar-refractivity contribution in [2.45, 2.75) is 40.0 Å². The number of aromatic nitrogens is 4. The molecule has 0 bridgehead atoms. The average Bonchev–Trinajstić information content (AvgIpc) is 3.15. The Hall–Kier alpha value is -3.36. The average molecular weight is 463 g/mol. The molecule has 1 aromatic carbocycles. The maximum atomic E-state index is 12.9. The topological polar surface area (TPSA) is 107 Å². The predicted molar refractivity (Wildman–Crippen MR) is 128 cm³/mol. The molecule has 9 nitrogen and oxygen atoms in total. The Morgan fingerprint density at radius 1 is 1.38 bits per heavy atom. The third-order valence-electron chi connectivity index (χ3n) is 8.46. The highest BCUT2D eigenvalue weighted by Crippen LogP contribution is 2.64. The molecule has 2 amide bonds. The van der Waals surface area contributed by atoms with Crippen molar-refractivity contribution in [3.63, 3.8) is 0 Å². The number of likely N-dealkylation sites (N-methyl/N-ethyl adjacent to an activating group) is 1. The van der Waals surface area contributed by atoms with E-state index in [0.717, 1.165) is 59.0 Å². The number of nitrogens with zero attached hydrogens (tertiary/aromatic N) is 4. The maximum Gasteiger partial charge on any atom is 0.410 e. The Morgan fingerprint density at radius 3 is 3.00 bits per heavy atom. The van der Waals surface area contributed by atoms with Gasteiger partial charge in [-0.1, -0.05) is 13.8 Å². The van der Waals surface area contributed by atoms with E-state index in [4.69, 9.17) is 9.72 Å². The number of amides is 2. The number of carbonyl (C=O) groups is 2. The lowest BCUT2D eigenvalue weighted by atomic mass is 9.87. The van der Waals surface area contributed by atoms with E-state index in [1.807, 2.05) is 19.1 Å². The van der Waals surface area contributed by atoms with Crippen LogP contribution in [0.5, 0.6) is 0 Å². The molecule has 3 aromatic rings. The van der Waals surface area contributed by atoms with Crippen LogP contribution in [0, 0.1) is 24.2 Å². The van der Waals surface area contributed by atoms with Crippen LogP contribution in [0.4, 0.5) is 10.5 Å². The van der Waals surface area contributed by atoms with Crippen LogP contribution < -0.4 is 4.90 Å². The number of rotatable bonds is 4. The van der Waals surface area contributed by atoms with Gasteiger partial charge in [-0.05, 0) is 61.1 Å². The minimum Gasteiger partial charge on any atom is -0.449 e. The van der Waals surface area contributed by atoms with E-state index in [1.165, 1.54) is 16.2 Å². The first-order valence-corrected chi connectivity index (χ1v) is 12.0. The molecular weight excluding hydrogens is 432 g/mol. The number of ether oxygens (including phenoxy) is 1. The van der Waals surface area contributed by atoms with Gasteiger partial charge in [-0.2, -0.15) is 5.10 Å². The van der Waals surface area contributed by atoms with Crippen molar-refractivity contribution in [3.8, 4) is 11.5 Å². The minimum absolute atomic E-state index is 0.00343. The Balaban J connectivity index is 1.27. The molecule has 2 aliphatic carbocycles. The van der Waals surface area contributed by atoms with Gasteiger partial charge in [0.05, 0.1) is 17.6 Å². The first-order chi connectivity index (χ1) is 16.3. The molecule has 1 saturated carbocycles. The van der Waals surface area contributed by atoms with Gasteiger partial charge in [0, 0.05) is 30.5 Å². The monoisotopic (exact) mass is 462 g/mol. The molecule has 1 unspecified atom stereocenters. The van der Waals surface area contributed by atoms with E-state index in [1.54, 1.807) is 11.9 Å². The Kier molecular flexibility index (Phi) is 4.56. The fourth-order valence-electron chi connectivity index (χ4n) is 5.95. The van der Waals surface area contributed by atoms with E-state index in [-0.39, 0.29) is 12.5 Å². The lowest BCUT2D eigenvalue weighted by Gasteiger charge is -2.28. The molecule has 3 aliphatic rings. The van der Waals surface area contributed by atoms with E-state index >= 15 is 0 Å². The van der Waals surface area contributed by atoms with Crippen LogP contribution in [-0.2, 0) is 22.4 Å². The lowest BCUT2D eigenvalue weighted by Crippen LogP contribution is -2.45. The minimum atomic E-state index is -0.430. The number of benzene rings is 1. The number of fused-ring (bicyclic) bond motifs is 3. The van der Waals surface area contributed by atoms with Gasteiger partial charge >= 0.3 is 6.09 Å². The summed E-state index contributed by atoms with van der Waals surface area (Å²) in [6.45, 7) is 7.64. The van der Waals surface area contributed by atoms with E-state index in [0.29, 0.717) is 24.5 Å². The highest BCUT2D eigenvalue weighted by Gasteiger charge is 2.60. The van der Waals surface area contributed by atoms with Crippen LogP contribution >= 0.6 is 0 Å². The zero-order valence-corrected chi connectivity index (χ0v) is 20.1. The van der Waals surface area contributed by atoms with Crippen molar-refractivity contribution in [1.29, 1.82) is 0 Å². The Bertz CT molecular complexity index is 1330. The van der Waals surface area contributed by atoms with Crippen molar-refractivity contribution >= 4 is 28.7 Å². The van der Waals surface area contributed by atoms with E-state index in [2.05, 4.69) is 29.0 Å². The molecule has 3 heterocycles. The summed E-state index contributed by atoms with van der Waals surface area (Å²) in [5, 5.41) is 7.89. The SMILES string of the molecule is Cc1cc2[nH]c(-c3n[nH]c4c3CC3[C@H](C)[C@]3(C)C4)nc2cc1N(C)C(=O)CN1CCCOC1=O. The molecule has 6 rings (SSSR count). The van der Waals surface area contributed by atoms with Crippen molar-refractivity contribution in [3.05, 3.63) is 29.0 Å². The van der Waals surface area contributed by atoms with Crippen molar-refractivity contribution < 1.29 is 14.3 Å². The first-order valence-electron chi connectivity index (χ1n) is 12.0. The van der Waals surface area contributed by atoms with Gasteiger partial charge in [0.15, 0.2) is 5.82 Å². The summed E-state index contributed by atoms with van der Waals surface area (Å²) < 4.78 is 5.05. The highest BCUT2D eigenvalue weighted by molar-refractivity contribution is 5.98. The van der Waals surface area contributed by atoms with Crippen LogP contribution in [0.15, 0.2) is 12.1 Å². The highest BCUT2D eigenvalue weighted by atomic mass is 16.6. The first kappa shape index (κ1) is 21.2. The quantitative estimate of drug-likeness (QED) is 0.618. The molecule has 2 aromatic heterocycles. The molecule has 34 heavy (non-hydrogen) atoms. The number of hydrogen-bond acceptors (Lipinski definition) is 5. The number of aromatic amines is 2. The number of hydrogen-bond donors (Lipinski definition) is 2. The number of nitrogens with one attached hydrogen (secondary N) is 2. The molecule has 1 aliphatic heterocycles. The van der Waals surface area contributed by atoms with Gasteiger partial charge in [0.25, 0.3) is 0 Å². The van der Waals surface area contributed by atoms with Crippen LogP contribution in [0.2, 0.25) is 0 Å². The molecule has 2 N–H and O–H groups in total. The smallest absolute Gasteiger partial charge is 0.410 e. The second kappa shape index (κ2) is 7.32. The van der Waals surface area contributed by atoms with Crippen molar-refractivity contribution in [1.82, 2.24) is 25.1 Å². The molecule has 1 saturated heterocycles. The normalized spacial score (nSPS) is 25.6. The molecule has 0 radical (unpaired) electrons. The molecule has 9 heteroatoms. The summed E-state index contributed by atoms with van der Waals surface area (Å²) in [5.74, 6) is 2.04. The second-order valence-corrected chi connectivity index (χ2v) is 10.4. The van der Waals surface area contributed by atoms with Crippen LogP contribution in [0.1, 0.15) is 37.1 Å². The molecule has 3 atom stereocenters. The number of aryl methyl sites for hydroxylation is 1. The molecule has 0 spiro atoms. The maximum absolute atomic E-state index is 12.9. The van der Waals surface area contributed by atoms with Crippen LogP contribution in [-0.4, -0.2) is 63.8 Å². The number of carbonyl (C=O) groups excluding carboxylic acids is 2. The molecular formula is C25H30N6O3. The van der Waals surface area contributed by atoms with E-state index in [9.17, 15) is 9.59 Å². The van der Waals surface area contributed by atoms with Gasteiger partial charge < -0.3 is 14.6 Å². The zero-order valence-electron chi connectivity index (χ0n) is 20.1. The third-order valence-corrected chi connectivity index (χ3v) is 8.46. The molecule has 178 valence electrons. The number of H-pyrrole nitrogens is 2. The fourth-order valence-corrected chi connectivity index (χ4v) is 5.95. The number of imidazole rings is 1. The number of cyclic esters (lactones) is 1. The third kappa shape index (κ3) is 3.13. The van der Waals surface area contributed by atoms with Gasteiger partial charge in [-0.15, -0.1) is 0 Å². The van der Waals surface area contributed by atoms with E-state index < -0.39 is 6.09 Å². The largest absolute Gasteiger partial charge is 0.449 e. The Morgan fingerprint density at radius 2 is 2.21 bits per heavy atom. The van der Waals surface area contributed by atoms with Gasteiger partial charge in [-0.3, -0.25) is 14.8 Å². The number of anilines is 1. The van der Waals surface area contributed by atoms with Crippen molar-refractivity contribution in [2.24, 2.45) is 17.3 Å². The molecule has 2 fully saturated rings. The fraction of sp³-hybridized carbons (Fsp3) is 0.520. The lowest BCUT2D eigenvalue weighted by molar-refractivity contribution is -0.119. The summed E-state index contributed by atoms with van der Waals surface area (Å²) in [6.07, 6.45) is 2.39. The summed E-state index contributed by atoms with van der Waals surface area (Å²) in [5.41, 5.74) is 7.23. The zero-order chi connectivity index (χ0) is 23.8. The van der Waals surface area contributed by atoms with Crippen molar-refractivity contribution in [2.75, 3.05) is 31.6 Å². The summed E-state index contributed by atoms with van der Waals surface area (Å²) in [6, 6.07) is 3.94. The summed E-state index contributed by atoms with van der Waals surface area (Å²) in [7, 11) is 1.73. The van der Waals surface area contributed by atoms with Gasteiger partial charge in [0.1, 0.15) is 12.2 Å². The summed E-state index contributed by atoms with van der Waals surface area (Å²) >= 11 is 0. The van der Waals surface area contributed by atoms with Gasteiger partial charge in [-0.25, -0.2) is 9.78 Å². The standard InChI is InChI=1S/C25H30N6O3/c1-13-8-17-18(10-20(13)30(4)21(32)12-31-6-5-7-34-24(31)33)27-23(26-17)22-15-9-16-14(2)25(16,3)11-19(15)28-29-22/h8,10,14,16H,5-7,9,11-12H2,1-4H3,(H,26,27)(H,28,29)/t14-,16?,25-/m0/s1. The predicted octanol–water partition coefficient (Wildman–Crippen LogP) is 3.44.